The van der Waals surface area contributed by atoms with Crippen molar-refractivity contribution >= 4 is 12.1 Å². The van der Waals surface area contributed by atoms with Gasteiger partial charge in [0.1, 0.15) is 12.4 Å². The number of carbonyl (C=O) groups excluding carboxylic acids is 2. The van der Waals surface area contributed by atoms with Crippen molar-refractivity contribution < 1.29 is 41.7 Å². The number of benzene rings is 2. The van der Waals surface area contributed by atoms with Gasteiger partial charge in [0.2, 0.25) is 18.0 Å². The Morgan fingerprint density at radius 1 is 1.07 bits per heavy atom. The Kier molecular flexibility index (Phi) is 8.24. The van der Waals surface area contributed by atoms with E-state index in [9.17, 15) is 23.2 Å². The van der Waals surface area contributed by atoms with Gasteiger partial charge in [-0.25, -0.2) is 18.0 Å². The van der Waals surface area contributed by atoms with Gasteiger partial charge in [0.05, 0.1) is 24.9 Å². The van der Waals surface area contributed by atoms with E-state index < -0.39 is 65.5 Å². The van der Waals surface area contributed by atoms with Crippen LogP contribution in [0.15, 0.2) is 53.5 Å². The maximum Gasteiger partial charge on any atom is 0.511 e. The summed E-state index contributed by atoms with van der Waals surface area (Å²) in [5.41, 5.74) is -0.578. The lowest BCUT2D eigenvalue weighted by atomic mass is 9.79. The second-order valence-corrected chi connectivity index (χ2v) is 9.50. The zero-order valence-corrected chi connectivity index (χ0v) is 21.9. The fourth-order valence-corrected chi connectivity index (χ4v) is 5.45. The highest BCUT2D eigenvalue weighted by Crippen LogP contribution is 2.46. The summed E-state index contributed by atoms with van der Waals surface area (Å²) < 4.78 is 64.9. The molecule has 0 radical (unpaired) electrons. The number of amides is 1. The van der Waals surface area contributed by atoms with Gasteiger partial charge in [0.25, 0.3) is 5.91 Å². The molecule has 1 saturated heterocycles. The summed E-state index contributed by atoms with van der Waals surface area (Å²) in [5, 5.41) is 4.25. The summed E-state index contributed by atoms with van der Waals surface area (Å²) in [5.74, 6) is -4.61. The van der Waals surface area contributed by atoms with Crippen LogP contribution in [-0.2, 0) is 14.2 Å². The zero-order chi connectivity index (χ0) is 29.1. The maximum atomic E-state index is 15.4. The SMILES string of the molecule is COCCOC(=O)OCOc1c2n(ncc1=O)[C@@H]([C@H](c1ccc(F)cc1)c1cccc(F)c1F)[C@H]1CCCN1C2=O. The molecule has 0 aliphatic carbocycles. The average molecular weight is 574 g/mol. The lowest BCUT2D eigenvalue weighted by Gasteiger charge is -2.42. The average Bonchev–Trinajstić information content (AvgIpc) is 3.45. The Balaban J connectivity index is 1.60. The highest BCUT2D eigenvalue weighted by molar-refractivity contribution is 5.96. The minimum absolute atomic E-state index is 0.0288. The third-order valence-corrected chi connectivity index (χ3v) is 7.18. The van der Waals surface area contributed by atoms with Crippen molar-refractivity contribution in [3.63, 3.8) is 0 Å². The van der Waals surface area contributed by atoms with Gasteiger partial charge < -0.3 is 23.8 Å². The third kappa shape index (κ3) is 5.49. The van der Waals surface area contributed by atoms with Crippen LogP contribution < -0.4 is 10.2 Å². The number of hydrogen-bond donors (Lipinski definition) is 0. The summed E-state index contributed by atoms with van der Waals surface area (Å²) in [7, 11) is 1.43. The van der Waals surface area contributed by atoms with Crippen LogP contribution in [0.2, 0.25) is 0 Å². The topological polar surface area (TPSA) is 109 Å². The van der Waals surface area contributed by atoms with Crippen molar-refractivity contribution in [2.24, 2.45) is 0 Å². The Hall–Kier alpha value is -4.39. The van der Waals surface area contributed by atoms with Gasteiger partial charge >= 0.3 is 6.16 Å². The smallest absolute Gasteiger partial charge is 0.451 e. The molecule has 0 spiro atoms. The van der Waals surface area contributed by atoms with E-state index in [1.165, 1.54) is 48.2 Å². The van der Waals surface area contributed by atoms with E-state index in [0.29, 0.717) is 24.9 Å². The maximum absolute atomic E-state index is 15.4. The molecule has 2 aliphatic heterocycles. The van der Waals surface area contributed by atoms with Gasteiger partial charge in [0.15, 0.2) is 17.3 Å². The molecule has 216 valence electrons. The lowest BCUT2D eigenvalue weighted by Crippen LogP contribution is -2.51. The van der Waals surface area contributed by atoms with Crippen LogP contribution in [0.4, 0.5) is 18.0 Å². The number of aromatic nitrogens is 2. The van der Waals surface area contributed by atoms with Gasteiger partial charge in [0, 0.05) is 25.1 Å². The minimum Gasteiger partial charge on any atom is -0.451 e. The Morgan fingerprint density at radius 3 is 2.61 bits per heavy atom. The van der Waals surface area contributed by atoms with E-state index in [0.717, 1.165) is 12.3 Å². The molecule has 13 heteroatoms. The summed E-state index contributed by atoms with van der Waals surface area (Å²) in [6.07, 6.45) is 0.988. The molecule has 2 aliphatic rings. The molecule has 1 fully saturated rings. The van der Waals surface area contributed by atoms with Crippen molar-refractivity contribution in [1.29, 1.82) is 0 Å². The minimum atomic E-state index is -1.09. The van der Waals surface area contributed by atoms with Crippen molar-refractivity contribution in [1.82, 2.24) is 14.7 Å². The first kappa shape index (κ1) is 28.1. The van der Waals surface area contributed by atoms with Crippen molar-refractivity contribution in [3.8, 4) is 5.75 Å². The van der Waals surface area contributed by atoms with Crippen LogP contribution in [0, 0.1) is 17.5 Å². The van der Waals surface area contributed by atoms with Gasteiger partial charge in [-0.1, -0.05) is 24.3 Å². The van der Waals surface area contributed by atoms with E-state index in [1.807, 2.05) is 0 Å². The third-order valence-electron chi connectivity index (χ3n) is 7.18. The highest BCUT2D eigenvalue weighted by Gasteiger charge is 2.49. The molecule has 0 unspecified atom stereocenters. The van der Waals surface area contributed by atoms with Crippen molar-refractivity contribution in [3.05, 3.63) is 93.2 Å². The molecule has 3 atom stereocenters. The number of carbonyl (C=O) groups is 2. The summed E-state index contributed by atoms with van der Waals surface area (Å²) in [6, 6.07) is 7.76. The molecule has 3 heterocycles. The fraction of sp³-hybridized carbons (Fsp3) is 0.357. The second-order valence-electron chi connectivity index (χ2n) is 9.50. The van der Waals surface area contributed by atoms with E-state index in [1.54, 1.807) is 4.90 Å². The second kappa shape index (κ2) is 12.0. The highest BCUT2D eigenvalue weighted by atomic mass is 19.2. The Morgan fingerprint density at radius 2 is 1.85 bits per heavy atom. The molecular formula is C28H26F3N3O7. The van der Waals surface area contributed by atoms with Crippen molar-refractivity contribution in [2.75, 3.05) is 33.7 Å². The van der Waals surface area contributed by atoms with Crippen LogP contribution in [0.25, 0.3) is 0 Å². The number of nitrogens with zero attached hydrogens (tertiary/aromatic N) is 3. The monoisotopic (exact) mass is 573 g/mol. The number of fused-ring (bicyclic) bond motifs is 2. The number of hydrogen-bond acceptors (Lipinski definition) is 8. The van der Waals surface area contributed by atoms with E-state index >= 15 is 4.39 Å². The molecule has 2 aromatic carbocycles. The van der Waals surface area contributed by atoms with E-state index in [4.69, 9.17) is 18.9 Å². The summed E-state index contributed by atoms with van der Waals surface area (Å²) in [4.78, 5) is 39.9. The van der Waals surface area contributed by atoms with Gasteiger partial charge in [-0.3, -0.25) is 14.3 Å². The van der Waals surface area contributed by atoms with Gasteiger partial charge in [-0.15, -0.1) is 0 Å². The largest absolute Gasteiger partial charge is 0.511 e. The molecule has 3 aromatic rings. The van der Waals surface area contributed by atoms with Crippen LogP contribution in [-0.4, -0.2) is 66.4 Å². The van der Waals surface area contributed by atoms with Gasteiger partial charge in [-0.2, -0.15) is 5.10 Å². The molecule has 0 saturated carbocycles. The zero-order valence-electron chi connectivity index (χ0n) is 21.9. The molecular weight excluding hydrogens is 547 g/mol. The summed E-state index contributed by atoms with van der Waals surface area (Å²) in [6.45, 7) is -0.338. The molecule has 1 amide bonds. The molecule has 10 nitrogen and oxygen atoms in total. The summed E-state index contributed by atoms with van der Waals surface area (Å²) >= 11 is 0. The van der Waals surface area contributed by atoms with Crippen LogP contribution in [0.5, 0.6) is 5.75 Å². The normalized spacial score (nSPS) is 18.4. The van der Waals surface area contributed by atoms with Crippen LogP contribution in [0.1, 0.15) is 46.4 Å². The molecule has 0 N–H and O–H groups in total. The molecule has 5 rings (SSSR count). The Labute approximate surface area is 232 Å². The first-order valence-corrected chi connectivity index (χ1v) is 12.8. The molecule has 0 bridgehead atoms. The van der Waals surface area contributed by atoms with E-state index in [-0.39, 0.29) is 24.5 Å². The standard InChI is InChI=1S/C28H26F3N3O7/c1-38-12-13-39-28(37)41-15-40-26-21(35)14-32-34-24(20-6-3-11-33(20)27(36)25(26)34)22(16-7-9-17(29)10-8-16)18-4-2-5-19(30)23(18)31/h2,4-5,7-10,14,20,22,24H,3,6,11-13,15H2,1H3/t20-,22-,24-/m1/s1. The number of ether oxygens (including phenoxy) is 4. The fourth-order valence-electron chi connectivity index (χ4n) is 5.45. The quantitative estimate of drug-likeness (QED) is 0.216. The predicted octanol–water partition coefficient (Wildman–Crippen LogP) is 3.79. The number of rotatable bonds is 9. The molecule has 41 heavy (non-hydrogen) atoms. The van der Waals surface area contributed by atoms with Crippen LogP contribution in [0.3, 0.4) is 0 Å². The number of methoxy groups -OCH3 is 1. The molecule has 1 aromatic heterocycles. The lowest BCUT2D eigenvalue weighted by molar-refractivity contribution is -0.00548. The predicted molar refractivity (Wildman–Crippen MR) is 136 cm³/mol. The van der Waals surface area contributed by atoms with E-state index in [2.05, 4.69) is 5.10 Å². The number of halogens is 3. The first-order chi connectivity index (χ1) is 19.8. The Bertz CT molecular complexity index is 1500. The van der Waals surface area contributed by atoms with Gasteiger partial charge in [-0.05, 0) is 36.6 Å². The van der Waals surface area contributed by atoms with Crippen LogP contribution >= 0.6 is 0 Å². The van der Waals surface area contributed by atoms with Crippen molar-refractivity contribution in [2.45, 2.75) is 30.8 Å². The first-order valence-electron chi connectivity index (χ1n) is 12.8.